The summed E-state index contributed by atoms with van der Waals surface area (Å²) < 4.78 is 54.6. The summed E-state index contributed by atoms with van der Waals surface area (Å²) in [6, 6.07) is 5.07. The van der Waals surface area contributed by atoms with Gasteiger partial charge in [0.1, 0.15) is 0 Å². The van der Waals surface area contributed by atoms with Crippen molar-refractivity contribution in [1.29, 1.82) is 0 Å². The van der Waals surface area contributed by atoms with E-state index in [1.807, 2.05) is 0 Å². The van der Waals surface area contributed by atoms with Gasteiger partial charge in [0.2, 0.25) is 11.9 Å². The lowest BCUT2D eigenvalue weighted by molar-refractivity contribution is -0.141. The van der Waals surface area contributed by atoms with Crippen LogP contribution in [0.3, 0.4) is 0 Å². The molecule has 0 unspecified atom stereocenters. The molecular weight excluding hydrogens is 435 g/mol. The molecule has 0 fully saturated rings. The molecule has 0 aliphatic heterocycles. The first-order valence-corrected chi connectivity index (χ1v) is 8.71. The van der Waals surface area contributed by atoms with Crippen LogP contribution in [0.4, 0.5) is 23.5 Å². The van der Waals surface area contributed by atoms with E-state index in [0.717, 1.165) is 17.0 Å². The molecule has 152 valence electrons. The van der Waals surface area contributed by atoms with E-state index in [2.05, 4.69) is 25.6 Å². The van der Waals surface area contributed by atoms with Gasteiger partial charge in [0.25, 0.3) is 0 Å². The normalized spacial score (nSPS) is 12.0. The third kappa shape index (κ3) is 4.65. The number of nitrogens with zero attached hydrogens (tertiary/aromatic N) is 5. The molecule has 0 aliphatic rings. The van der Waals surface area contributed by atoms with Gasteiger partial charge in [-0.05, 0) is 25.1 Å². The van der Waals surface area contributed by atoms with Crippen molar-refractivity contribution in [3.05, 3.63) is 57.2 Å². The largest absolute Gasteiger partial charge is 0.433 e. The highest BCUT2D eigenvalue weighted by molar-refractivity contribution is 6.42. The highest BCUT2D eigenvalue weighted by atomic mass is 35.5. The monoisotopic (exact) mass is 446 g/mol. The first-order valence-electron chi connectivity index (χ1n) is 7.96. The van der Waals surface area contributed by atoms with Gasteiger partial charge in [-0.15, -0.1) is 0 Å². The van der Waals surface area contributed by atoms with Crippen molar-refractivity contribution in [1.82, 2.24) is 19.7 Å². The lowest BCUT2D eigenvalue weighted by atomic mass is 10.1. The van der Waals surface area contributed by atoms with Crippen molar-refractivity contribution < 1.29 is 17.6 Å². The summed E-state index contributed by atoms with van der Waals surface area (Å²) in [6.45, 7) is 1.56. The van der Waals surface area contributed by atoms with Crippen LogP contribution < -0.4 is 5.43 Å². The zero-order chi connectivity index (χ0) is 21.3. The molecule has 0 atom stereocenters. The van der Waals surface area contributed by atoms with Crippen molar-refractivity contribution in [2.24, 2.45) is 12.1 Å². The Morgan fingerprint density at radius 3 is 2.45 bits per heavy atom. The van der Waals surface area contributed by atoms with Crippen molar-refractivity contribution >= 4 is 35.4 Å². The zero-order valence-corrected chi connectivity index (χ0v) is 16.4. The number of anilines is 1. The Labute approximate surface area is 172 Å². The Morgan fingerprint density at radius 2 is 1.86 bits per heavy atom. The SMILES string of the molecule is Cc1nn(C)c(F)c1/C=N\Nc1nc(-c2ccc(Cl)c(Cl)c2)cc(C(F)(F)F)n1. The number of alkyl halides is 3. The number of aryl methyl sites for hydroxylation is 2. The predicted octanol–water partition coefficient (Wildman–Crippen LogP) is 5.10. The fraction of sp³-hybridized carbons (Fsp3) is 0.176. The number of halogens is 6. The van der Waals surface area contributed by atoms with Crippen LogP contribution >= 0.6 is 23.2 Å². The number of rotatable bonds is 4. The van der Waals surface area contributed by atoms with Crippen LogP contribution in [0, 0.1) is 12.9 Å². The van der Waals surface area contributed by atoms with Crippen molar-refractivity contribution in [2.45, 2.75) is 13.1 Å². The third-order valence-corrected chi connectivity index (χ3v) is 4.53. The van der Waals surface area contributed by atoms with Gasteiger partial charge < -0.3 is 0 Å². The van der Waals surface area contributed by atoms with Crippen molar-refractivity contribution in [3.63, 3.8) is 0 Å². The molecule has 3 rings (SSSR count). The van der Waals surface area contributed by atoms with Crippen LogP contribution in [-0.4, -0.2) is 26.0 Å². The summed E-state index contributed by atoms with van der Waals surface area (Å²) in [7, 11) is 1.41. The number of nitrogens with one attached hydrogen (secondary N) is 1. The van der Waals surface area contributed by atoms with E-state index < -0.39 is 23.8 Å². The number of hydrazone groups is 1. The van der Waals surface area contributed by atoms with E-state index in [4.69, 9.17) is 23.2 Å². The summed E-state index contributed by atoms with van der Waals surface area (Å²) in [6.07, 6.45) is -3.64. The molecule has 29 heavy (non-hydrogen) atoms. The van der Waals surface area contributed by atoms with Crippen LogP contribution in [-0.2, 0) is 13.2 Å². The molecule has 0 aliphatic carbocycles. The van der Waals surface area contributed by atoms with Gasteiger partial charge in [-0.2, -0.15) is 27.8 Å². The smallest absolute Gasteiger partial charge is 0.245 e. The first-order chi connectivity index (χ1) is 13.6. The minimum atomic E-state index is -4.72. The quantitative estimate of drug-likeness (QED) is 0.344. The molecule has 0 spiro atoms. The van der Waals surface area contributed by atoms with Crippen LogP contribution in [0.25, 0.3) is 11.3 Å². The Kier molecular flexibility index (Phi) is 5.76. The number of hydrogen-bond donors (Lipinski definition) is 1. The van der Waals surface area contributed by atoms with Gasteiger partial charge in [-0.25, -0.2) is 20.1 Å². The minimum absolute atomic E-state index is 0.0488. The summed E-state index contributed by atoms with van der Waals surface area (Å²) in [4.78, 5) is 7.43. The number of benzene rings is 1. The Morgan fingerprint density at radius 1 is 1.14 bits per heavy atom. The fourth-order valence-electron chi connectivity index (χ4n) is 2.39. The van der Waals surface area contributed by atoms with E-state index >= 15 is 0 Å². The Bertz CT molecular complexity index is 1090. The molecule has 6 nitrogen and oxygen atoms in total. The first kappa shape index (κ1) is 21.0. The third-order valence-electron chi connectivity index (χ3n) is 3.79. The second-order valence-electron chi connectivity index (χ2n) is 5.87. The second kappa shape index (κ2) is 7.96. The number of aromatic nitrogens is 4. The van der Waals surface area contributed by atoms with Crippen molar-refractivity contribution in [2.75, 3.05) is 5.43 Å². The summed E-state index contributed by atoms with van der Waals surface area (Å²) in [5.74, 6) is -1.08. The Hall–Kier alpha value is -2.72. The predicted molar refractivity (Wildman–Crippen MR) is 102 cm³/mol. The van der Waals surface area contributed by atoms with Gasteiger partial charge >= 0.3 is 6.18 Å². The van der Waals surface area contributed by atoms with E-state index in [9.17, 15) is 17.6 Å². The average molecular weight is 447 g/mol. The van der Waals surface area contributed by atoms with Gasteiger partial charge in [-0.3, -0.25) is 0 Å². The maximum atomic E-state index is 13.9. The fourth-order valence-corrected chi connectivity index (χ4v) is 2.69. The standard InChI is InChI=1S/C17H12Cl2F4N6/c1-8-10(15(20)29(2)28-8)7-24-27-16-25-13(6-14(26-16)17(21,22)23)9-3-4-11(18)12(19)5-9/h3-7H,1-2H3,(H,25,26,27)/b24-7-. The van der Waals surface area contributed by atoms with Crippen LogP contribution in [0.2, 0.25) is 10.0 Å². The van der Waals surface area contributed by atoms with E-state index in [1.54, 1.807) is 6.92 Å². The summed E-state index contributed by atoms with van der Waals surface area (Å²) in [5, 5.41) is 8.01. The van der Waals surface area contributed by atoms with E-state index in [-0.39, 0.29) is 21.3 Å². The van der Waals surface area contributed by atoms with Gasteiger partial charge in [0.15, 0.2) is 5.69 Å². The molecule has 0 radical (unpaired) electrons. The molecule has 2 aromatic heterocycles. The highest BCUT2D eigenvalue weighted by Gasteiger charge is 2.34. The molecular formula is C17H12Cl2F4N6. The molecule has 0 amide bonds. The Balaban J connectivity index is 1.97. The molecule has 1 aromatic carbocycles. The van der Waals surface area contributed by atoms with Crippen LogP contribution in [0.1, 0.15) is 17.0 Å². The van der Waals surface area contributed by atoms with E-state index in [1.165, 1.54) is 25.2 Å². The highest BCUT2D eigenvalue weighted by Crippen LogP contribution is 2.33. The van der Waals surface area contributed by atoms with Gasteiger partial charge in [0, 0.05) is 12.6 Å². The van der Waals surface area contributed by atoms with Gasteiger partial charge in [0.05, 0.1) is 33.2 Å². The molecule has 0 saturated carbocycles. The maximum absolute atomic E-state index is 13.9. The number of hydrogen-bond acceptors (Lipinski definition) is 5. The molecule has 12 heteroatoms. The van der Waals surface area contributed by atoms with E-state index in [0.29, 0.717) is 11.3 Å². The summed E-state index contributed by atoms with van der Waals surface area (Å²) >= 11 is 11.8. The van der Waals surface area contributed by atoms with Crippen LogP contribution in [0.5, 0.6) is 0 Å². The summed E-state index contributed by atoms with van der Waals surface area (Å²) in [5.41, 5.74) is 1.79. The lowest BCUT2D eigenvalue weighted by Gasteiger charge is -2.10. The topological polar surface area (TPSA) is 68.0 Å². The second-order valence-corrected chi connectivity index (χ2v) is 6.69. The molecule has 0 saturated heterocycles. The van der Waals surface area contributed by atoms with Crippen LogP contribution in [0.15, 0.2) is 29.4 Å². The van der Waals surface area contributed by atoms with Gasteiger partial charge in [-0.1, -0.05) is 29.3 Å². The van der Waals surface area contributed by atoms with Crippen molar-refractivity contribution in [3.8, 4) is 11.3 Å². The minimum Gasteiger partial charge on any atom is -0.245 e. The lowest BCUT2D eigenvalue weighted by Crippen LogP contribution is -2.11. The maximum Gasteiger partial charge on any atom is 0.433 e. The molecule has 2 heterocycles. The molecule has 3 aromatic rings. The molecule has 0 bridgehead atoms. The zero-order valence-electron chi connectivity index (χ0n) is 14.9. The average Bonchev–Trinajstić information content (AvgIpc) is 2.89. The molecule has 1 N–H and O–H groups in total.